The number of phenols is 1. The molecule has 0 saturated heterocycles. The number of benzene rings is 1. The maximum Gasteiger partial charge on any atom is 0.404 e. The lowest BCUT2D eigenvalue weighted by Crippen LogP contribution is -2.44. The first kappa shape index (κ1) is 24.2. The van der Waals surface area contributed by atoms with Crippen LogP contribution in [0.15, 0.2) is 53.7 Å². The number of hydrogen-bond acceptors (Lipinski definition) is 5. The molecular weight excluding hydrogens is 456 g/mol. The Labute approximate surface area is 189 Å². The smallest absolute Gasteiger partial charge is 0.404 e. The Bertz CT molecular complexity index is 1280. The zero-order chi connectivity index (χ0) is 24.6. The monoisotopic (exact) mass is 479 g/mol. The summed E-state index contributed by atoms with van der Waals surface area (Å²) in [5.74, 6) is -2.25. The molecule has 0 fully saturated rings. The summed E-state index contributed by atoms with van der Waals surface area (Å²) >= 11 is 0. The van der Waals surface area contributed by atoms with E-state index in [-0.39, 0.29) is 28.2 Å². The zero-order valence-electron chi connectivity index (χ0n) is 18.1. The van der Waals surface area contributed by atoms with Gasteiger partial charge in [-0.25, -0.2) is 26.6 Å². The topological polar surface area (TPSA) is 122 Å². The molecule has 2 heterocycles. The molecule has 2 aromatic heterocycles. The molecule has 33 heavy (non-hydrogen) atoms. The Balaban J connectivity index is 2.23. The fourth-order valence-electron chi connectivity index (χ4n) is 3.32. The Kier molecular flexibility index (Phi) is 6.46. The molecule has 0 spiro atoms. The van der Waals surface area contributed by atoms with Crippen molar-refractivity contribution >= 4 is 16.1 Å². The van der Waals surface area contributed by atoms with Gasteiger partial charge < -0.3 is 15.5 Å². The number of hydrogen-bond donors (Lipinski definition) is 3. The van der Waals surface area contributed by atoms with Gasteiger partial charge in [0.05, 0.1) is 10.5 Å². The van der Waals surface area contributed by atoms with Crippen LogP contribution in [-0.4, -0.2) is 39.7 Å². The molecule has 0 aliphatic rings. The number of halogens is 2. The van der Waals surface area contributed by atoms with E-state index in [0.29, 0.717) is 3.97 Å². The average molecular weight is 480 g/mol. The Hall–Kier alpha value is -3.47. The molecule has 11 heteroatoms. The van der Waals surface area contributed by atoms with Crippen molar-refractivity contribution in [2.24, 2.45) is 5.41 Å². The van der Waals surface area contributed by atoms with Crippen molar-refractivity contribution in [3.05, 3.63) is 66.1 Å². The average Bonchev–Trinajstić information content (AvgIpc) is 3.04. The Morgan fingerprint density at radius 1 is 1.18 bits per heavy atom. The third kappa shape index (κ3) is 4.98. The summed E-state index contributed by atoms with van der Waals surface area (Å²) in [5.41, 5.74) is -1.69. The lowest BCUT2D eigenvalue weighted by molar-refractivity contribution is 0.174. The van der Waals surface area contributed by atoms with Crippen LogP contribution in [0.4, 0.5) is 13.6 Å². The van der Waals surface area contributed by atoms with Crippen molar-refractivity contribution in [1.29, 1.82) is 0 Å². The van der Waals surface area contributed by atoms with Gasteiger partial charge in [-0.1, -0.05) is 20.8 Å². The molecule has 0 aliphatic carbocycles. The second-order valence-electron chi connectivity index (χ2n) is 8.53. The van der Waals surface area contributed by atoms with Gasteiger partial charge in [-0.15, -0.1) is 0 Å². The number of rotatable bonds is 6. The van der Waals surface area contributed by atoms with Crippen LogP contribution in [0.5, 0.6) is 5.75 Å². The molecule has 0 bridgehead atoms. The summed E-state index contributed by atoms with van der Waals surface area (Å²) in [6, 6.07) is 6.35. The van der Waals surface area contributed by atoms with Gasteiger partial charge in [0.15, 0.2) is 5.82 Å². The number of aromatic nitrogens is 2. The molecule has 0 radical (unpaired) electrons. The minimum atomic E-state index is -4.41. The van der Waals surface area contributed by atoms with Gasteiger partial charge in [-0.2, -0.15) is 4.39 Å². The number of carbonyl (C=O) groups is 1. The predicted molar refractivity (Wildman–Crippen MR) is 116 cm³/mol. The van der Waals surface area contributed by atoms with Gasteiger partial charge in [-0.3, -0.25) is 0 Å². The molecule has 3 aromatic rings. The highest BCUT2D eigenvalue weighted by Crippen LogP contribution is 2.34. The highest BCUT2D eigenvalue weighted by molar-refractivity contribution is 7.90. The van der Waals surface area contributed by atoms with E-state index in [1.165, 1.54) is 12.1 Å². The van der Waals surface area contributed by atoms with E-state index in [1.54, 1.807) is 20.8 Å². The highest BCUT2D eigenvalue weighted by atomic mass is 32.2. The molecule has 176 valence electrons. The van der Waals surface area contributed by atoms with E-state index in [9.17, 15) is 27.8 Å². The second kappa shape index (κ2) is 8.81. The summed E-state index contributed by atoms with van der Waals surface area (Å²) in [6.45, 7) is 5.24. The third-order valence-corrected chi connectivity index (χ3v) is 6.83. The van der Waals surface area contributed by atoms with Crippen LogP contribution in [0.1, 0.15) is 26.3 Å². The number of phenolic OH excluding ortho intramolecular Hbond substituents is 1. The quantitative estimate of drug-likeness (QED) is 0.460. The van der Waals surface area contributed by atoms with E-state index >= 15 is 4.39 Å². The molecule has 0 saturated carbocycles. The van der Waals surface area contributed by atoms with Crippen LogP contribution in [0.25, 0.3) is 11.3 Å². The van der Waals surface area contributed by atoms with Crippen LogP contribution >= 0.6 is 0 Å². The fraction of sp³-hybridized carbons (Fsp3) is 0.273. The van der Waals surface area contributed by atoms with Crippen LogP contribution in [0.2, 0.25) is 0 Å². The van der Waals surface area contributed by atoms with Crippen LogP contribution < -0.4 is 5.32 Å². The maximum atomic E-state index is 15.7. The first-order chi connectivity index (χ1) is 15.3. The lowest BCUT2D eigenvalue weighted by atomic mass is 9.83. The minimum Gasteiger partial charge on any atom is -0.508 e. The van der Waals surface area contributed by atoms with Gasteiger partial charge in [-0.05, 0) is 48.2 Å². The molecule has 3 rings (SSSR count). The summed E-state index contributed by atoms with van der Waals surface area (Å²) in [4.78, 5) is 14.5. The van der Waals surface area contributed by atoms with Crippen molar-refractivity contribution in [2.45, 2.75) is 38.1 Å². The van der Waals surface area contributed by atoms with Gasteiger partial charge in [0, 0.05) is 24.0 Å². The minimum absolute atomic E-state index is 0.121. The van der Waals surface area contributed by atoms with Gasteiger partial charge in [0.25, 0.3) is 10.0 Å². The molecule has 1 atom stereocenters. The van der Waals surface area contributed by atoms with Gasteiger partial charge in [0.2, 0.25) is 5.95 Å². The van der Waals surface area contributed by atoms with Crippen LogP contribution in [0, 0.1) is 17.2 Å². The van der Waals surface area contributed by atoms with Crippen molar-refractivity contribution in [3.63, 3.8) is 0 Å². The molecule has 1 aromatic carbocycles. The Morgan fingerprint density at radius 3 is 2.36 bits per heavy atom. The van der Waals surface area contributed by atoms with Gasteiger partial charge >= 0.3 is 6.09 Å². The fourth-order valence-corrected chi connectivity index (χ4v) is 4.71. The number of amides is 1. The van der Waals surface area contributed by atoms with Crippen molar-refractivity contribution in [1.82, 2.24) is 14.3 Å². The first-order valence-corrected chi connectivity index (χ1v) is 11.3. The number of nitrogens with zero attached hydrogens (tertiary/aromatic N) is 2. The predicted octanol–water partition coefficient (Wildman–Crippen LogP) is 4.00. The first-order valence-electron chi connectivity index (χ1n) is 9.87. The van der Waals surface area contributed by atoms with Crippen molar-refractivity contribution in [3.8, 4) is 17.0 Å². The van der Waals surface area contributed by atoms with E-state index in [0.717, 1.165) is 36.7 Å². The molecular formula is C22H23F2N3O5S. The van der Waals surface area contributed by atoms with Crippen molar-refractivity contribution in [2.75, 3.05) is 0 Å². The standard InChI is InChI=1S/C22H23F2N3O5S/c1-22(2,3)17(26-21(29)30)11-13-12-27(33(31,32)15-8-6-14(28)7-9-15)19(18(13)23)16-5-4-10-25-20(16)24/h4-10,12,17,26,28H,11H2,1-3H3,(H,29,30). The lowest BCUT2D eigenvalue weighted by Gasteiger charge is -2.30. The SMILES string of the molecule is CC(C)(C)C(Cc1cn(S(=O)(=O)c2ccc(O)cc2)c(-c2cccnc2F)c1F)NC(=O)O. The highest BCUT2D eigenvalue weighted by Gasteiger charge is 2.32. The van der Waals surface area contributed by atoms with E-state index in [1.807, 2.05) is 0 Å². The van der Waals surface area contributed by atoms with E-state index in [4.69, 9.17) is 0 Å². The number of carboxylic acid groups (broad SMARTS) is 1. The summed E-state index contributed by atoms with van der Waals surface area (Å²) in [6.07, 6.45) is 0.659. The molecule has 1 amide bonds. The summed E-state index contributed by atoms with van der Waals surface area (Å²) in [7, 11) is -4.41. The zero-order valence-corrected chi connectivity index (χ0v) is 18.9. The summed E-state index contributed by atoms with van der Waals surface area (Å²) in [5, 5.41) is 21.0. The number of pyridine rings is 1. The van der Waals surface area contributed by atoms with E-state index < -0.39 is 45.0 Å². The van der Waals surface area contributed by atoms with Crippen molar-refractivity contribution < 1.29 is 32.2 Å². The number of aromatic hydroxyl groups is 1. The van der Waals surface area contributed by atoms with Gasteiger partial charge in [0.1, 0.15) is 11.4 Å². The van der Waals surface area contributed by atoms with E-state index in [2.05, 4.69) is 10.3 Å². The Morgan fingerprint density at radius 2 is 1.82 bits per heavy atom. The normalized spacial score (nSPS) is 13.0. The molecule has 0 aliphatic heterocycles. The summed E-state index contributed by atoms with van der Waals surface area (Å²) < 4.78 is 57.5. The van der Waals surface area contributed by atoms with Crippen LogP contribution in [-0.2, 0) is 16.4 Å². The maximum absolute atomic E-state index is 15.7. The molecule has 1 unspecified atom stereocenters. The largest absolute Gasteiger partial charge is 0.508 e. The van der Waals surface area contributed by atoms with Crippen LogP contribution in [0.3, 0.4) is 0 Å². The molecule has 3 N–H and O–H groups in total. The number of nitrogens with one attached hydrogen (secondary N) is 1. The molecule has 8 nitrogen and oxygen atoms in total. The third-order valence-electron chi connectivity index (χ3n) is 5.16. The second-order valence-corrected chi connectivity index (χ2v) is 10.3.